The van der Waals surface area contributed by atoms with Crippen molar-refractivity contribution in [3.05, 3.63) is 64.6 Å². The van der Waals surface area contributed by atoms with Gasteiger partial charge in [0.15, 0.2) is 5.58 Å². The molecule has 0 spiro atoms. The van der Waals surface area contributed by atoms with E-state index in [1.165, 1.54) is 22.8 Å². The molecule has 1 saturated carbocycles. The largest absolute Gasteiger partial charge is 0.420 e. The number of nitrogens with zero attached hydrogens (tertiary/aromatic N) is 1. The van der Waals surface area contributed by atoms with Crippen molar-refractivity contribution in [3.8, 4) is 0 Å². The number of amides is 1. The monoisotopic (exact) mass is 443 g/mol. The zero-order chi connectivity index (χ0) is 22.0. The van der Waals surface area contributed by atoms with Gasteiger partial charge < -0.3 is 9.73 Å². The molecule has 1 atom stereocenters. The van der Waals surface area contributed by atoms with Gasteiger partial charge >= 0.3 is 5.76 Å². The van der Waals surface area contributed by atoms with Crippen molar-refractivity contribution >= 4 is 27.0 Å². The number of nitrogens with one attached hydrogen (secondary N) is 2. The van der Waals surface area contributed by atoms with Gasteiger partial charge in [0.05, 0.1) is 16.5 Å². The third-order valence-electron chi connectivity index (χ3n) is 5.61. The molecule has 1 aliphatic rings. The molecule has 0 radical (unpaired) electrons. The summed E-state index contributed by atoms with van der Waals surface area (Å²) in [6, 6.07) is 13.5. The van der Waals surface area contributed by atoms with E-state index in [1.807, 2.05) is 37.3 Å². The van der Waals surface area contributed by atoms with E-state index in [1.54, 1.807) is 0 Å². The number of aromatic nitrogens is 1. The Morgan fingerprint density at radius 2 is 1.87 bits per heavy atom. The van der Waals surface area contributed by atoms with Crippen LogP contribution >= 0.6 is 0 Å². The standard InChI is InChI=1S/C22H25N3O5S/c1-15(16-7-3-2-4-8-16)23-21(26)14-25-19-12-11-18(13-20(19)30-22(25)27)31(28,29)24-17-9-5-6-10-17/h2-4,7-8,11-13,15,17,24H,5-6,9-10,14H2,1H3,(H,23,26)/t15-/m1/s1. The normalized spacial score (nSPS) is 15.9. The number of sulfonamides is 1. The number of fused-ring (bicyclic) bond motifs is 1. The molecule has 0 bridgehead atoms. The summed E-state index contributed by atoms with van der Waals surface area (Å²) in [5.74, 6) is -1.06. The fourth-order valence-corrected chi connectivity index (χ4v) is 5.27. The first kappa shape index (κ1) is 21.3. The molecule has 1 heterocycles. The topological polar surface area (TPSA) is 110 Å². The summed E-state index contributed by atoms with van der Waals surface area (Å²) in [7, 11) is -3.71. The molecule has 164 valence electrons. The van der Waals surface area contributed by atoms with Gasteiger partial charge in [0.25, 0.3) is 0 Å². The molecule has 2 N–H and O–H groups in total. The van der Waals surface area contributed by atoms with Crippen LogP contribution in [0.3, 0.4) is 0 Å². The van der Waals surface area contributed by atoms with Crippen molar-refractivity contribution in [2.75, 3.05) is 0 Å². The molecule has 0 aliphatic heterocycles. The Labute approximate surface area is 180 Å². The van der Waals surface area contributed by atoms with Crippen LogP contribution < -0.4 is 15.8 Å². The zero-order valence-electron chi connectivity index (χ0n) is 17.2. The maximum Gasteiger partial charge on any atom is 0.420 e. The van der Waals surface area contributed by atoms with Crippen molar-refractivity contribution in [2.24, 2.45) is 0 Å². The van der Waals surface area contributed by atoms with E-state index in [9.17, 15) is 18.0 Å². The smallest absolute Gasteiger partial charge is 0.408 e. The van der Waals surface area contributed by atoms with Gasteiger partial charge in [-0.05, 0) is 37.5 Å². The van der Waals surface area contributed by atoms with Gasteiger partial charge in [0, 0.05) is 12.1 Å². The number of benzene rings is 2. The van der Waals surface area contributed by atoms with Crippen molar-refractivity contribution in [2.45, 2.75) is 56.1 Å². The van der Waals surface area contributed by atoms with Crippen LogP contribution in [0.25, 0.3) is 11.1 Å². The summed E-state index contributed by atoms with van der Waals surface area (Å²) < 4.78 is 34.4. The highest BCUT2D eigenvalue weighted by Crippen LogP contribution is 2.23. The van der Waals surface area contributed by atoms with E-state index >= 15 is 0 Å². The average Bonchev–Trinajstić information content (AvgIpc) is 3.35. The molecule has 8 nitrogen and oxygen atoms in total. The molecule has 1 aliphatic carbocycles. The Morgan fingerprint density at radius 1 is 1.16 bits per heavy atom. The highest BCUT2D eigenvalue weighted by atomic mass is 32.2. The van der Waals surface area contributed by atoms with E-state index < -0.39 is 15.8 Å². The fourth-order valence-electron chi connectivity index (χ4n) is 3.95. The summed E-state index contributed by atoms with van der Waals surface area (Å²) >= 11 is 0. The molecular formula is C22H25N3O5S. The van der Waals surface area contributed by atoms with Crippen LogP contribution in [0.4, 0.5) is 0 Å². The van der Waals surface area contributed by atoms with Crippen molar-refractivity contribution < 1.29 is 17.6 Å². The van der Waals surface area contributed by atoms with Gasteiger partial charge in [-0.25, -0.2) is 17.9 Å². The van der Waals surface area contributed by atoms with E-state index in [0.717, 1.165) is 31.2 Å². The predicted octanol–water partition coefficient (Wildman–Crippen LogP) is 2.69. The lowest BCUT2D eigenvalue weighted by Crippen LogP contribution is -2.32. The molecule has 3 aromatic rings. The minimum Gasteiger partial charge on any atom is -0.408 e. The second kappa shape index (κ2) is 8.68. The third kappa shape index (κ3) is 4.72. The molecule has 0 saturated heterocycles. The second-order valence-electron chi connectivity index (χ2n) is 7.89. The molecule has 9 heteroatoms. The van der Waals surface area contributed by atoms with Crippen molar-refractivity contribution in [1.82, 2.24) is 14.6 Å². The summed E-state index contributed by atoms with van der Waals surface area (Å²) in [4.78, 5) is 24.8. The molecule has 0 unspecified atom stereocenters. The first-order chi connectivity index (χ1) is 14.8. The van der Waals surface area contributed by atoms with Gasteiger partial charge in [0.1, 0.15) is 6.54 Å². The van der Waals surface area contributed by atoms with Crippen LogP contribution in [0.5, 0.6) is 0 Å². The minimum absolute atomic E-state index is 0.0370. The lowest BCUT2D eigenvalue weighted by atomic mass is 10.1. The van der Waals surface area contributed by atoms with Gasteiger partial charge in [-0.3, -0.25) is 9.36 Å². The first-order valence-corrected chi connectivity index (χ1v) is 11.8. The van der Waals surface area contributed by atoms with Gasteiger partial charge in [-0.2, -0.15) is 0 Å². The summed E-state index contributed by atoms with van der Waals surface area (Å²) in [6.07, 6.45) is 3.66. The summed E-state index contributed by atoms with van der Waals surface area (Å²) in [5.41, 5.74) is 1.44. The highest BCUT2D eigenvalue weighted by molar-refractivity contribution is 7.89. The molecule has 1 aromatic heterocycles. The number of oxazole rings is 1. The van der Waals surface area contributed by atoms with E-state index in [-0.39, 0.29) is 35.0 Å². The molecule has 31 heavy (non-hydrogen) atoms. The van der Waals surface area contributed by atoms with E-state index in [4.69, 9.17) is 4.42 Å². The molecule has 1 fully saturated rings. The highest BCUT2D eigenvalue weighted by Gasteiger charge is 2.24. The first-order valence-electron chi connectivity index (χ1n) is 10.3. The maximum absolute atomic E-state index is 12.7. The van der Waals surface area contributed by atoms with Crippen LogP contribution in [0, 0.1) is 0 Å². The number of rotatable bonds is 7. The second-order valence-corrected chi connectivity index (χ2v) is 9.60. The van der Waals surface area contributed by atoms with Crippen LogP contribution in [0.1, 0.15) is 44.2 Å². The summed E-state index contributed by atoms with van der Waals surface area (Å²) in [5, 5.41) is 2.86. The van der Waals surface area contributed by atoms with Gasteiger partial charge in [0.2, 0.25) is 15.9 Å². The number of carbonyl (C=O) groups is 1. The Bertz CT molecular complexity index is 1240. The molecule has 1 amide bonds. The summed E-state index contributed by atoms with van der Waals surface area (Å²) in [6.45, 7) is 1.63. The van der Waals surface area contributed by atoms with Gasteiger partial charge in [-0.15, -0.1) is 0 Å². The lowest BCUT2D eigenvalue weighted by molar-refractivity contribution is -0.122. The fraction of sp³-hybridized carbons (Fsp3) is 0.364. The molecule has 4 rings (SSSR count). The quantitative estimate of drug-likeness (QED) is 0.583. The maximum atomic E-state index is 12.7. The SMILES string of the molecule is C[C@@H](NC(=O)Cn1c(=O)oc2cc(S(=O)(=O)NC3CCCC3)ccc21)c1ccccc1. The Kier molecular flexibility index (Phi) is 5.97. The minimum atomic E-state index is -3.71. The Hall–Kier alpha value is -2.91. The number of carbonyl (C=O) groups excluding carboxylic acids is 1. The van der Waals surface area contributed by atoms with E-state index in [0.29, 0.717) is 5.52 Å². The van der Waals surface area contributed by atoms with Crippen LogP contribution in [0.15, 0.2) is 62.6 Å². The number of hydrogen-bond acceptors (Lipinski definition) is 5. The number of hydrogen-bond donors (Lipinski definition) is 2. The molecular weight excluding hydrogens is 418 g/mol. The Balaban J connectivity index is 1.52. The zero-order valence-corrected chi connectivity index (χ0v) is 18.0. The lowest BCUT2D eigenvalue weighted by Gasteiger charge is -2.14. The Morgan fingerprint density at radius 3 is 2.58 bits per heavy atom. The average molecular weight is 444 g/mol. The van der Waals surface area contributed by atoms with Crippen LogP contribution in [-0.2, 0) is 21.4 Å². The van der Waals surface area contributed by atoms with Crippen molar-refractivity contribution in [1.29, 1.82) is 0 Å². The van der Waals surface area contributed by atoms with Crippen LogP contribution in [-0.4, -0.2) is 24.9 Å². The van der Waals surface area contributed by atoms with Gasteiger partial charge in [-0.1, -0.05) is 43.2 Å². The predicted molar refractivity (Wildman–Crippen MR) is 116 cm³/mol. The van der Waals surface area contributed by atoms with Crippen LogP contribution in [0.2, 0.25) is 0 Å². The van der Waals surface area contributed by atoms with Crippen molar-refractivity contribution in [3.63, 3.8) is 0 Å². The third-order valence-corrected chi connectivity index (χ3v) is 7.12. The van der Waals surface area contributed by atoms with E-state index in [2.05, 4.69) is 10.0 Å². The molecule has 2 aromatic carbocycles.